The molecule has 0 bridgehead atoms. The van der Waals surface area contributed by atoms with Gasteiger partial charge in [0.05, 0.1) is 13.7 Å². The fourth-order valence-corrected chi connectivity index (χ4v) is 2.88. The highest BCUT2D eigenvalue weighted by Gasteiger charge is 2.14. The van der Waals surface area contributed by atoms with Gasteiger partial charge in [-0.2, -0.15) is 8.78 Å². The molecule has 5 nitrogen and oxygen atoms in total. The van der Waals surface area contributed by atoms with Crippen molar-refractivity contribution in [2.75, 3.05) is 20.3 Å². The summed E-state index contributed by atoms with van der Waals surface area (Å²) in [5.74, 6) is 0.188. The van der Waals surface area contributed by atoms with E-state index in [0.29, 0.717) is 5.75 Å². The fraction of sp³-hybridized carbons (Fsp3) is 0.174. The number of carbonyl (C=O) groups excluding carboxylic acids is 1. The van der Waals surface area contributed by atoms with E-state index < -0.39 is 12.5 Å². The number of benzene rings is 3. The highest BCUT2D eigenvalue weighted by Crippen LogP contribution is 2.30. The van der Waals surface area contributed by atoms with Crippen LogP contribution in [0.4, 0.5) is 8.78 Å². The molecule has 0 atom stereocenters. The van der Waals surface area contributed by atoms with E-state index in [1.807, 2.05) is 54.6 Å². The van der Waals surface area contributed by atoms with Gasteiger partial charge in [0.1, 0.15) is 12.4 Å². The molecule has 0 saturated carbocycles. The second-order valence-corrected chi connectivity index (χ2v) is 6.21. The molecule has 7 heteroatoms. The van der Waals surface area contributed by atoms with Crippen LogP contribution in [0.25, 0.3) is 11.1 Å². The van der Waals surface area contributed by atoms with Crippen LogP contribution in [0.1, 0.15) is 10.4 Å². The van der Waals surface area contributed by atoms with Crippen molar-refractivity contribution < 1.29 is 27.8 Å². The van der Waals surface area contributed by atoms with Crippen LogP contribution in [0.5, 0.6) is 17.2 Å². The van der Waals surface area contributed by atoms with Gasteiger partial charge in [-0.1, -0.05) is 48.5 Å². The van der Waals surface area contributed by atoms with E-state index in [0.717, 1.165) is 11.1 Å². The summed E-state index contributed by atoms with van der Waals surface area (Å²) >= 11 is 0. The average molecular weight is 413 g/mol. The number of amides is 1. The van der Waals surface area contributed by atoms with Crippen LogP contribution in [-0.4, -0.2) is 32.8 Å². The van der Waals surface area contributed by atoms with E-state index in [1.54, 1.807) is 0 Å². The van der Waals surface area contributed by atoms with E-state index in [9.17, 15) is 13.6 Å². The zero-order valence-electron chi connectivity index (χ0n) is 16.3. The average Bonchev–Trinajstić information content (AvgIpc) is 2.77. The number of para-hydroxylation sites is 1. The highest BCUT2D eigenvalue weighted by atomic mass is 19.3. The molecule has 0 aromatic heterocycles. The monoisotopic (exact) mass is 413 g/mol. The zero-order chi connectivity index (χ0) is 21.3. The summed E-state index contributed by atoms with van der Waals surface area (Å²) in [6.45, 7) is -2.54. The summed E-state index contributed by atoms with van der Waals surface area (Å²) in [6.07, 6.45) is 0. The molecule has 0 radical (unpaired) electrons. The number of carbonyl (C=O) groups is 1. The van der Waals surface area contributed by atoms with E-state index >= 15 is 0 Å². The van der Waals surface area contributed by atoms with Gasteiger partial charge < -0.3 is 19.5 Å². The number of rotatable bonds is 9. The summed E-state index contributed by atoms with van der Waals surface area (Å²) in [5.41, 5.74) is 2.16. The molecule has 1 amide bonds. The summed E-state index contributed by atoms with van der Waals surface area (Å²) in [6, 6.07) is 21.6. The van der Waals surface area contributed by atoms with Crippen LogP contribution < -0.4 is 19.5 Å². The standard InChI is InChI=1S/C23H21F2NO4/c1-28-20-12-11-17(15-21(20)30-23(24)25)22(27)26-13-14-29-19-10-6-5-9-18(19)16-7-3-2-4-8-16/h2-12,15,23H,13-14H2,1H3,(H,26,27). The second-order valence-electron chi connectivity index (χ2n) is 6.21. The number of methoxy groups -OCH3 is 1. The van der Waals surface area contributed by atoms with Crippen molar-refractivity contribution >= 4 is 5.91 Å². The molecule has 1 N–H and O–H groups in total. The van der Waals surface area contributed by atoms with E-state index in [-0.39, 0.29) is 30.2 Å². The Hall–Kier alpha value is -3.61. The Balaban J connectivity index is 1.58. The summed E-state index contributed by atoms with van der Waals surface area (Å²) < 4.78 is 40.3. The van der Waals surface area contributed by atoms with Crippen molar-refractivity contribution in [3.05, 3.63) is 78.4 Å². The third kappa shape index (κ3) is 5.47. The van der Waals surface area contributed by atoms with Gasteiger partial charge in [0.2, 0.25) is 0 Å². The minimum absolute atomic E-state index is 0.118. The number of hydrogen-bond donors (Lipinski definition) is 1. The Labute approximate surface area is 173 Å². The molecule has 0 unspecified atom stereocenters. The number of ether oxygens (including phenoxy) is 3. The van der Waals surface area contributed by atoms with Gasteiger partial charge in [0.15, 0.2) is 11.5 Å². The van der Waals surface area contributed by atoms with Crippen LogP contribution in [0.15, 0.2) is 72.8 Å². The van der Waals surface area contributed by atoms with Gasteiger partial charge in [0.25, 0.3) is 5.91 Å². The third-order valence-corrected chi connectivity index (χ3v) is 4.26. The second kappa shape index (κ2) is 10.2. The fourth-order valence-electron chi connectivity index (χ4n) is 2.88. The van der Waals surface area contributed by atoms with Crippen LogP contribution in [0.3, 0.4) is 0 Å². The van der Waals surface area contributed by atoms with Crippen molar-refractivity contribution in [3.8, 4) is 28.4 Å². The molecule has 0 spiro atoms. The van der Waals surface area contributed by atoms with Gasteiger partial charge in [-0.25, -0.2) is 0 Å². The van der Waals surface area contributed by atoms with E-state index in [1.165, 1.54) is 25.3 Å². The molecule has 156 valence electrons. The lowest BCUT2D eigenvalue weighted by atomic mass is 10.1. The quantitative estimate of drug-likeness (QED) is 0.514. The van der Waals surface area contributed by atoms with Crippen molar-refractivity contribution in [1.82, 2.24) is 5.32 Å². The first kappa shape index (κ1) is 21.1. The minimum atomic E-state index is -3.02. The maximum Gasteiger partial charge on any atom is 0.387 e. The first-order chi connectivity index (χ1) is 14.6. The lowest BCUT2D eigenvalue weighted by Crippen LogP contribution is -2.28. The smallest absolute Gasteiger partial charge is 0.387 e. The van der Waals surface area contributed by atoms with Gasteiger partial charge in [0, 0.05) is 11.1 Å². The van der Waals surface area contributed by atoms with Crippen molar-refractivity contribution in [1.29, 1.82) is 0 Å². The normalized spacial score (nSPS) is 10.5. The highest BCUT2D eigenvalue weighted by molar-refractivity contribution is 5.94. The van der Waals surface area contributed by atoms with Gasteiger partial charge in [-0.3, -0.25) is 4.79 Å². The molecular formula is C23H21F2NO4. The zero-order valence-corrected chi connectivity index (χ0v) is 16.3. The predicted molar refractivity (Wildman–Crippen MR) is 109 cm³/mol. The topological polar surface area (TPSA) is 56.8 Å². The Morgan fingerprint density at radius 3 is 2.40 bits per heavy atom. The maximum absolute atomic E-state index is 12.5. The largest absolute Gasteiger partial charge is 0.493 e. The third-order valence-electron chi connectivity index (χ3n) is 4.26. The molecule has 30 heavy (non-hydrogen) atoms. The van der Waals surface area contributed by atoms with Crippen molar-refractivity contribution in [2.24, 2.45) is 0 Å². The maximum atomic E-state index is 12.5. The number of hydrogen-bond acceptors (Lipinski definition) is 4. The Morgan fingerprint density at radius 1 is 0.933 bits per heavy atom. The lowest BCUT2D eigenvalue weighted by Gasteiger charge is -2.13. The molecule has 3 aromatic carbocycles. The van der Waals surface area contributed by atoms with Gasteiger partial charge in [-0.05, 0) is 29.8 Å². The molecule has 0 aliphatic carbocycles. The molecule has 0 fully saturated rings. The molecule has 0 saturated heterocycles. The summed E-state index contributed by atoms with van der Waals surface area (Å²) in [5, 5.41) is 2.70. The van der Waals surface area contributed by atoms with Crippen LogP contribution in [-0.2, 0) is 0 Å². The molecule has 0 aliphatic rings. The summed E-state index contributed by atoms with van der Waals surface area (Å²) in [7, 11) is 1.33. The SMILES string of the molecule is COc1ccc(C(=O)NCCOc2ccccc2-c2ccccc2)cc1OC(F)F. The molecule has 0 aliphatic heterocycles. The van der Waals surface area contributed by atoms with Gasteiger partial charge >= 0.3 is 6.61 Å². The van der Waals surface area contributed by atoms with Crippen LogP contribution in [0, 0.1) is 0 Å². The van der Waals surface area contributed by atoms with E-state index in [4.69, 9.17) is 9.47 Å². The first-order valence-electron chi connectivity index (χ1n) is 9.27. The molecule has 3 aromatic rings. The summed E-state index contributed by atoms with van der Waals surface area (Å²) in [4.78, 5) is 12.3. The number of halogens is 2. The number of nitrogens with one attached hydrogen (secondary N) is 1. The first-order valence-corrected chi connectivity index (χ1v) is 9.27. The van der Waals surface area contributed by atoms with Crippen molar-refractivity contribution in [3.63, 3.8) is 0 Å². The van der Waals surface area contributed by atoms with E-state index in [2.05, 4.69) is 10.1 Å². The predicted octanol–water partition coefficient (Wildman–Crippen LogP) is 4.77. The molecule has 0 heterocycles. The lowest BCUT2D eigenvalue weighted by molar-refractivity contribution is -0.0512. The van der Waals surface area contributed by atoms with Crippen LogP contribution >= 0.6 is 0 Å². The van der Waals surface area contributed by atoms with Gasteiger partial charge in [-0.15, -0.1) is 0 Å². The molecule has 3 rings (SSSR count). The van der Waals surface area contributed by atoms with Crippen molar-refractivity contribution in [2.45, 2.75) is 6.61 Å². The molecular weight excluding hydrogens is 392 g/mol. The Bertz CT molecular complexity index is 980. The number of alkyl halides is 2. The van der Waals surface area contributed by atoms with Crippen LogP contribution in [0.2, 0.25) is 0 Å². The Morgan fingerprint density at radius 2 is 1.67 bits per heavy atom. The Kier molecular flexibility index (Phi) is 7.21. The minimum Gasteiger partial charge on any atom is -0.493 e.